The molecule has 0 bridgehead atoms. The summed E-state index contributed by atoms with van der Waals surface area (Å²) in [4.78, 5) is 25.4. The molecule has 0 fully saturated rings. The van der Waals surface area contributed by atoms with Gasteiger partial charge in [0.25, 0.3) is 5.92 Å². The number of alkyl carbamates (subject to hydrolysis) is 1. The van der Waals surface area contributed by atoms with Gasteiger partial charge in [0.1, 0.15) is 10.5 Å². The van der Waals surface area contributed by atoms with Gasteiger partial charge in [-0.1, -0.05) is 0 Å². The van der Waals surface area contributed by atoms with E-state index < -0.39 is 36.6 Å². The van der Waals surface area contributed by atoms with Crippen molar-refractivity contribution in [2.24, 2.45) is 0 Å². The van der Waals surface area contributed by atoms with Crippen molar-refractivity contribution in [2.45, 2.75) is 38.7 Å². The van der Waals surface area contributed by atoms with Crippen molar-refractivity contribution < 1.29 is 27.8 Å². The van der Waals surface area contributed by atoms with Crippen molar-refractivity contribution >= 4 is 45.0 Å². The lowest BCUT2D eigenvalue weighted by Crippen LogP contribution is -2.46. The molecule has 26 heavy (non-hydrogen) atoms. The minimum absolute atomic E-state index is 0.0957. The molecule has 0 saturated carbocycles. The number of alkyl halides is 2. The van der Waals surface area contributed by atoms with Crippen LogP contribution in [0.4, 0.5) is 19.3 Å². The van der Waals surface area contributed by atoms with Gasteiger partial charge in [0.05, 0.1) is 23.1 Å². The van der Waals surface area contributed by atoms with Crippen molar-refractivity contribution in [1.82, 2.24) is 5.32 Å². The van der Waals surface area contributed by atoms with Crippen molar-refractivity contribution in [3.8, 4) is 0 Å². The number of carbonyl (C=O) groups excluding carboxylic acids is 2. The fourth-order valence-electron chi connectivity index (χ4n) is 2.62. The van der Waals surface area contributed by atoms with Gasteiger partial charge in [-0.3, -0.25) is 0 Å². The largest absolute Gasteiger partial charge is 0.465 e. The molecule has 10 heteroatoms. The highest BCUT2D eigenvalue weighted by Gasteiger charge is 2.42. The van der Waals surface area contributed by atoms with Crippen molar-refractivity contribution in [2.75, 3.05) is 31.6 Å². The van der Waals surface area contributed by atoms with E-state index in [1.165, 1.54) is 12.0 Å². The number of ether oxygens (including phenoxy) is 2. The molecule has 1 aliphatic heterocycles. The molecule has 0 unspecified atom stereocenters. The molecule has 2 heterocycles. The Kier molecular flexibility index (Phi) is 6.17. The number of fused-ring (bicyclic) bond motifs is 1. The van der Waals surface area contributed by atoms with Gasteiger partial charge in [-0.2, -0.15) is 0 Å². The summed E-state index contributed by atoms with van der Waals surface area (Å²) in [6.45, 7) is 4.86. The number of carbonyl (C=O) groups is 2. The molecule has 0 atom stereocenters. The van der Waals surface area contributed by atoms with E-state index in [4.69, 9.17) is 9.47 Å². The lowest BCUT2D eigenvalue weighted by molar-refractivity contribution is 0.00523. The Morgan fingerprint density at radius 2 is 2.04 bits per heavy atom. The van der Waals surface area contributed by atoms with E-state index in [0.717, 1.165) is 11.3 Å². The monoisotopic (exact) mass is 454 g/mol. The number of hydrogen-bond donors (Lipinski definition) is 1. The summed E-state index contributed by atoms with van der Waals surface area (Å²) >= 11 is 4.33. The van der Waals surface area contributed by atoms with Crippen LogP contribution in [-0.4, -0.2) is 50.3 Å². The van der Waals surface area contributed by atoms with Crippen molar-refractivity contribution in [3.05, 3.63) is 14.2 Å². The highest BCUT2D eigenvalue weighted by Crippen LogP contribution is 2.46. The summed E-state index contributed by atoms with van der Waals surface area (Å²) in [5.41, 5.74) is 0.167. The molecule has 146 valence electrons. The van der Waals surface area contributed by atoms with Crippen molar-refractivity contribution in [1.29, 1.82) is 0 Å². The van der Waals surface area contributed by atoms with Crippen molar-refractivity contribution in [3.63, 3.8) is 0 Å². The highest BCUT2D eigenvalue weighted by atomic mass is 79.9. The van der Waals surface area contributed by atoms with Crippen LogP contribution < -0.4 is 10.2 Å². The molecule has 1 aliphatic rings. The molecule has 0 spiro atoms. The number of esters is 1. The molecule has 0 aliphatic carbocycles. The van der Waals surface area contributed by atoms with Crippen LogP contribution in [0.2, 0.25) is 0 Å². The van der Waals surface area contributed by atoms with E-state index in [2.05, 4.69) is 21.2 Å². The van der Waals surface area contributed by atoms with Crippen LogP contribution >= 0.6 is 27.3 Å². The maximum atomic E-state index is 14.1. The number of nitrogens with zero attached hydrogens (tertiary/aromatic N) is 1. The number of halogens is 3. The zero-order chi connectivity index (χ0) is 19.7. The number of nitrogens with one attached hydrogen (secondary N) is 1. The first-order valence-electron chi connectivity index (χ1n) is 7.92. The van der Waals surface area contributed by atoms with E-state index >= 15 is 0 Å². The Labute approximate surface area is 163 Å². The molecule has 0 aromatic carbocycles. The second-order valence-electron chi connectivity index (χ2n) is 6.91. The molecule has 0 radical (unpaired) electrons. The molecule has 1 aromatic rings. The molecular weight excluding hydrogens is 434 g/mol. The maximum Gasteiger partial charge on any atom is 0.407 e. The number of methoxy groups -OCH3 is 1. The zero-order valence-electron chi connectivity index (χ0n) is 15.0. The summed E-state index contributed by atoms with van der Waals surface area (Å²) in [6, 6.07) is 0. The van der Waals surface area contributed by atoms with E-state index in [1.807, 2.05) is 0 Å². The Hall–Kier alpha value is -1.42. The van der Waals surface area contributed by atoms with E-state index in [9.17, 15) is 18.4 Å². The number of rotatable bonds is 4. The number of thiophene rings is 1. The molecule has 1 amide bonds. The lowest BCUT2D eigenvalue weighted by atomic mass is 10.0. The van der Waals surface area contributed by atoms with E-state index in [-0.39, 0.29) is 18.0 Å². The first-order valence-corrected chi connectivity index (χ1v) is 9.53. The first-order chi connectivity index (χ1) is 11.9. The standard InChI is InChI=1S/C16H21BrF2N2O4S/c1-15(2,3)25-14(23)20-5-6-21-8-16(18,19)7-9-10(21)11(13(22)24-4)26-12(9)17/h5-8H2,1-4H3,(H,20,23). The second kappa shape index (κ2) is 7.67. The molecule has 6 nitrogen and oxygen atoms in total. The Morgan fingerprint density at radius 1 is 1.38 bits per heavy atom. The van der Waals surface area contributed by atoms with Gasteiger partial charge < -0.3 is 19.7 Å². The molecule has 0 saturated heterocycles. The summed E-state index contributed by atoms with van der Waals surface area (Å²) in [7, 11) is 1.24. The van der Waals surface area contributed by atoms with Crippen LogP contribution in [0.3, 0.4) is 0 Å². The fourth-order valence-corrected chi connectivity index (χ4v) is 4.42. The van der Waals surface area contributed by atoms with Gasteiger partial charge in [0.2, 0.25) is 0 Å². The third kappa shape index (κ3) is 5.06. The maximum absolute atomic E-state index is 14.1. The SMILES string of the molecule is COC(=O)c1sc(Br)c2c1N(CCNC(=O)OC(C)(C)C)CC(F)(F)C2. The summed E-state index contributed by atoms with van der Waals surface area (Å²) < 4.78 is 38.6. The Balaban J connectivity index is 2.17. The van der Waals surface area contributed by atoms with E-state index in [1.54, 1.807) is 20.8 Å². The van der Waals surface area contributed by atoms with Gasteiger partial charge in [0, 0.05) is 25.1 Å². The lowest BCUT2D eigenvalue weighted by Gasteiger charge is -2.35. The smallest absolute Gasteiger partial charge is 0.407 e. The summed E-state index contributed by atoms with van der Waals surface area (Å²) in [6.07, 6.45) is -1.08. The normalized spacial score (nSPS) is 16.0. The van der Waals surface area contributed by atoms with Gasteiger partial charge in [-0.15, -0.1) is 11.3 Å². The number of anilines is 1. The third-order valence-corrected chi connectivity index (χ3v) is 5.48. The minimum Gasteiger partial charge on any atom is -0.465 e. The number of hydrogen-bond acceptors (Lipinski definition) is 6. The zero-order valence-corrected chi connectivity index (χ0v) is 17.4. The molecule has 1 aromatic heterocycles. The van der Waals surface area contributed by atoms with Crippen LogP contribution in [0.15, 0.2) is 3.79 Å². The predicted octanol–water partition coefficient (Wildman–Crippen LogP) is 3.82. The molecule has 2 rings (SSSR count). The van der Waals surface area contributed by atoms with Crippen LogP contribution in [-0.2, 0) is 15.9 Å². The first kappa shape index (κ1) is 20.9. The van der Waals surface area contributed by atoms with Gasteiger partial charge in [-0.25, -0.2) is 18.4 Å². The predicted molar refractivity (Wildman–Crippen MR) is 98.5 cm³/mol. The third-order valence-electron chi connectivity index (χ3n) is 3.52. The van der Waals surface area contributed by atoms with Gasteiger partial charge in [-0.05, 0) is 36.7 Å². The topological polar surface area (TPSA) is 67.9 Å². The van der Waals surface area contributed by atoms with Crippen LogP contribution in [0, 0.1) is 0 Å². The Morgan fingerprint density at radius 3 is 2.62 bits per heavy atom. The summed E-state index contributed by atoms with van der Waals surface area (Å²) in [5, 5.41) is 2.54. The van der Waals surface area contributed by atoms with Crippen LogP contribution in [0.5, 0.6) is 0 Å². The quantitative estimate of drug-likeness (QED) is 0.700. The minimum atomic E-state index is -2.93. The van der Waals surface area contributed by atoms with Gasteiger partial charge >= 0.3 is 12.1 Å². The van der Waals surface area contributed by atoms with E-state index in [0.29, 0.717) is 15.0 Å². The summed E-state index contributed by atoms with van der Waals surface area (Å²) in [5.74, 6) is -3.51. The fraction of sp³-hybridized carbons (Fsp3) is 0.625. The van der Waals surface area contributed by atoms with Crippen LogP contribution in [0.25, 0.3) is 0 Å². The Bertz CT molecular complexity index is 703. The number of amides is 1. The highest BCUT2D eigenvalue weighted by molar-refractivity contribution is 9.11. The molecule has 1 N–H and O–H groups in total. The average Bonchev–Trinajstić information content (AvgIpc) is 2.80. The van der Waals surface area contributed by atoms with Crippen LogP contribution in [0.1, 0.15) is 36.0 Å². The molecular formula is C16H21BrF2N2O4S. The average molecular weight is 455 g/mol. The van der Waals surface area contributed by atoms with Gasteiger partial charge in [0.15, 0.2) is 0 Å². The second-order valence-corrected chi connectivity index (χ2v) is 9.25.